The average molecular weight is 276 g/mol. The van der Waals surface area contributed by atoms with Crippen molar-refractivity contribution in [3.05, 3.63) is 46.6 Å². The molecule has 4 N–H and O–H groups in total. The molecule has 0 bridgehead atoms. The van der Waals surface area contributed by atoms with Crippen LogP contribution in [-0.2, 0) is 6.42 Å². The van der Waals surface area contributed by atoms with Crippen LogP contribution in [0.5, 0.6) is 0 Å². The van der Waals surface area contributed by atoms with Crippen LogP contribution in [0.3, 0.4) is 0 Å². The highest BCUT2D eigenvalue weighted by Gasteiger charge is 2.25. The molecule has 0 amide bonds. The summed E-state index contributed by atoms with van der Waals surface area (Å²) in [6, 6.07) is 8.47. The van der Waals surface area contributed by atoms with E-state index in [1.165, 1.54) is 17.3 Å². The van der Waals surface area contributed by atoms with Crippen molar-refractivity contribution >= 4 is 23.4 Å². The van der Waals surface area contributed by atoms with E-state index in [1.54, 1.807) is 0 Å². The third-order valence-corrected chi connectivity index (χ3v) is 3.63. The average Bonchev–Trinajstić information content (AvgIpc) is 2.42. The lowest BCUT2D eigenvalue weighted by molar-refractivity contribution is 0.634. The predicted molar refractivity (Wildman–Crippen MR) is 76.2 cm³/mol. The van der Waals surface area contributed by atoms with E-state index >= 15 is 0 Å². The Balaban J connectivity index is 1.68. The van der Waals surface area contributed by atoms with Crippen LogP contribution in [0.15, 0.2) is 30.5 Å². The molecule has 1 atom stereocenters. The van der Waals surface area contributed by atoms with Crippen LogP contribution in [0.2, 0.25) is 5.02 Å². The molecule has 1 heterocycles. The Kier molecular flexibility index (Phi) is 3.23. The maximum absolute atomic E-state index is 6.04. The molecule has 19 heavy (non-hydrogen) atoms. The van der Waals surface area contributed by atoms with Crippen molar-refractivity contribution in [3.8, 4) is 0 Å². The molecule has 0 saturated heterocycles. The number of nitrogen functional groups attached to an aromatic ring is 1. The topological polar surface area (TPSA) is 75.9 Å². The van der Waals surface area contributed by atoms with Gasteiger partial charge in [-0.05, 0) is 17.5 Å². The second-order valence-corrected chi connectivity index (χ2v) is 4.92. The summed E-state index contributed by atoms with van der Waals surface area (Å²) in [5.74, 6) is 6.74. The van der Waals surface area contributed by atoms with E-state index in [2.05, 4.69) is 45.0 Å². The van der Waals surface area contributed by atoms with Crippen LogP contribution >= 0.6 is 11.6 Å². The van der Waals surface area contributed by atoms with Crippen LogP contribution in [0.25, 0.3) is 0 Å². The number of hydrazine groups is 1. The van der Waals surface area contributed by atoms with Gasteiger partial charge in [-0.15, -0.1) is 0 Å². The Bertz CT molecular complexity index is 601. The van der Waals surface area contributed by atoms with E-state index in [0.717, 1.165) is 13.0 Å². The highest BCUT2D eigenvalue weighted by molar-refractivity contribution is 6.32. The van der Waals surface area contributed by atoms with Gasteiger partial charge in [0, 0.05) is 12.5 Å². The Labute approximate surface area is 116 Å². The second-order valence-electron chi connectivity index (χ2n) is 4.52. The molecule has 0 aliphatic heterocycles. The third kappa shape index (κ3) is 2.34. The largest absolute Gasteiger partial charge is 0.368 e. The molecular weight excluding hydrogens is 262 g/mol. The summed E-state index contributed by atoms with van der Waals surface area (Å²) in [5, 5.41) is 3.74. The first kappa shape index (κ1) is 12.2. The summed E-state index contributed by atoms with van der Waals surface area (Å²) in [7, 11) is 0. The fourth-order valence-corrected chi connectivity index (χ4v) is 2.48. The molecule has 1 aliphatic rings. The van der Waals surface area contributed by atoms with Crippen molar-refractivity contribution in [1.29, 1.82) is 0 Å². The zero-order valence-corrected chi connectivity index (χ0v) is 11.0. The molecule has 1 aliphatic carbocycles. The van der Waals surface area contributed by atoms with Gasteiger partial charge in [-0.1, -0.05) is 35.9 Å². The number of nitrogens with one attached hydrogen (secondary N) is 2. The van der Waals surface area contributed by atoms with E-state index in [-0.39, 0.29) is 0 Å². The molecule has 1 unspecified atom stereocenters. The van der Waals surface area contributed by atoms with E-state index in [1.807, 2.05) is 0 Å². The number of anilines is 2. The Morgan fingerprint density at radius 2 is 2.21 bits per heavy atom. The highest BCUT2D eigenvalue weighted by Crippen LogP contribution is 2.35. The summed E-state index contributed by atoms with van der Waals surface area (Å²) < 4.78 is 0. The Morgan fingerprint density at radius 3 is 3.00 bits per heavy atom. The maximum atomic E-state index is 6.04. The highest BCUT2D eigenvalue weighted by atomic mass is 35.5. The van der Waals surface area contributed by atoms with Crippen LogP contribution in [0, 0.1) is 0 Å². The number of fused-ring (bicyclic) bond motifs is 1. The molecule has 98 valence electrons. The standard InChI is InChI=1S/C13H14ClN5/c14-11-7-17-13(19-15)18-12(11)16-6-9-5-8-3-1-2-4-10(8)9/h1-4,7,9H,5-6,15H2,(H2,16,17,18,19). The molecule has 0 radical (unpaired) electrons. The van der Waals surface area contributed by atoms with Gasteiger partial charge in [0.25, 0.3) is 0 Å². The van der Waals surface area contributed by atoms with Crippen molar-refractivity contribution in [2.24, 2.45) is 5.84 Å². The molecule has 0 fully saturated rings. The van der Waals surface area contributed by atoms with Gasteiger partial charge in [-0.2, -0.15) is 4.98 Å². The van der Waals surface area contributed by atoms with Gasteiger partial charge in [-0.3, -0.25) is 5.43 Å². The van der Waals surface area contributed by atoms with E-state index < -0.39 is 0 Å². The first-order valence-corrected chi connectivity index (χ1v) is 6.46. The summed E-state index contributed by atoms with van der Waals surface area (Å²) in [6.07, 6.45) is 2.62. The summed E-state index contributed by atoms with van der Waals surface area (Å²) in [4.78, 5) is 8.12. The molecular formula is C13H14ClN5. The zero-order valence-electron chi connectivity index (χ0n) is 10.2. The molecule has 0 saturated carbocycles. The zero-order chi connectivity index (χ0) is 13.2. The first-order valence-electron chi connectivity index (χ1n) is 6.08. The van der Waals surface area contributed by atoms with Crippen molar-refractivity contribution in [3.63, 3.8) is 0 Å². The lowest BCUT2D eigenvalue weighted by Crippen LogP contribution is -2.24. The van der Waals surface area contributed by atoms with Crippen LogP contribution in [0.1, 0.15) is 17.0 Å². The van der Waals surface area contributed by atoms with Gasteiger partial charge < -0.3 is 5.32 Å². The lowest BCUT2D eigenvalue weighted by Gasteiger charge is -2.30. The number of halogens is 1. The predicted octanol–water partition coefficient (Wildman–Crippen LogP) is 2.17. The van der Waals surface area contributed by atoms with Gasteiger partial charge in [0.15, 0.2) is 5.82 Å². The molecule has 5 nitrogen and oxygen atoms in total. The molecule has 0 spiro atoms. The minimum atomic E-state index is 0.348. The van der Waals surface area contributed by atoms with Crippen molar-refractivity contribution in [2.45, 2.75) is 12.3 Å². The van der Waals surface area contributed by atoms with E-state index in [4.69, 9.17) is 17.4 Å². The van der Waals surface area contributed by atoms with Gasteiger partial charge in [0.05, 0.1) is 6.20 Å². The van der Waals surface area contributed by atoms with E-state index in [9.17, 15) is 0 Å². The number of hydrogen-bond donors (Lipinski definition) is 3. The van der Waals surface area contributed by atoms with E-state index in [0.29, 0.717) is 22.7 Å². The smallest absolute Gasteiger partial charge is 0.239 e. The monoisotopic (exact) mass is 275 g/mol. The fourth-order valence-electron chi connectivity index (χ4n) is 2.33. The summed E-state index contributed by atoms with van der Waals surface area (Å²) in [6.45, 7) is 0.803. The normalized spacial score (nSPS) is 16.4. The molecule has 2 aromatic rings. The van der Waals surface area contributed by atoms with Gasteiger partial charge in [0.2, 0.25) is 5.95 Å². The summed E-state index contributed by atoms with van der Waals surface area (Å²) in [5.41, 5.74) is 5.23. The van der Waals surface area contributed by atoms with Crippen LogP contribution in [0.4, 0.5) is 11.8 Å². The SMILES string of the molecule is NNc1ncc(Cl)c(NCC2Cc3ccccc32)n1. The molecule has 6 heteroatoms. The quantitative estimate of drug-likeness (QED) is 0.589. The molecule has 1 aromatic carbocycles. The van der Waals surface area contributed by atoms with Gasteiger partial charge in [0.1, 0.15) is 5.02 Å². The van der Waals surface area contributed by atoms with Crippen molar-refractivity contribution in [2.75, 3.05) is 17.3 Å². The van der Waals surface area contributed by atoms with Crippen LogP contribution in [-0.4, -0.2) is 16.5 Å². The minimum Gasteiger partial charge on any atom is -0.368 e. The second kappa shape index (κ2) is 5.03. The number of rotatable bonds is 4. The number of hydrogen-bond acceptors (Lipinski definition) is 5. The third-order valence-electron chi connectivity index (χ3n) is 3.35. The molecule has 1 aromatic heterocycles. The lowest BCUT2D eigenvalue weighted by atomic mass is 9.78. The van der Waals surface area contributed by atoms with Crippen molar-refractivity contribution in [1.82, 2.24) is 9.97 Å². The number of aromatic nitrogens is 2. The summed E-state index contributed by atoms with van der Waals surface area (Å²) >= 11 is 6.04. The fraction of sp³-hybridized carbons (Fsp3) is 0.231. The first-order chi connectivity index (χ1) is 9.28. The number of benzene rings is 1. The minimum absolute atomic E-state index is 0.348. The number of nitrogens with zero attached hydrogens (tertiary/aromatic N) is 2. The molecule has 3 rings (SSSR count). The maximum Gasteiger partial charge on any atom is 0.239 e. The Morgan fingerprint density at radius 1 is 1.37 bits per heavy atom. The van der Waals surface area contributed by atoms with Crippen LogP contribution < -0.4 is 16.6 Å². The Hall–Kier alpha value is -1.85. The number of nitrogens with two attached hydrogens (primary N) is 1. The van der Waals surface area contributed by atoms with Crippen molar-refractivity contribution < 1.29 is 0 Å². The van der Waals surface area contributed by atoms with Gasteiger partial charge in [-0.25, -0.2) is 10.8 Å². The van der Waals surface area contributed by atoms with Gasteiger partial charge >= 0.3 is 0 Å².